The summed E-state index contributed by atoms with van der Waals surface area (Å²) < 4.78 is 5.69. The number of rotatable bonds is 3. The summed E-state index contributed by atoms with van der Waals surface area (Å²) in [6, 6.07) is 8.44. The third-order valence-electron chi connectivity index (χ3n) is 6.10. The second-order valence-electron chi connectivity index (χ2n) is 8.08. The summed E-state index contributed by atoms with van der Waals surface area (Å²) in [7, 11) is 1.83. The second kappa shape index (κ2) is 7.98. The molecule has 2 unspecified atom stereocenters. The van der Waals surface area contributed by atoms with Gasteiger partial charge in [0.05, 0.1) is 12.0 Å². The molecule has 2 fully saturated rings. The van der Waals surface area contributed by atoms with Gasteiger partial charge >= 0.3 is 0 Å². The maximum absolute atomic E-state index is 13.1. The van der Waals surface area contributed by atoms with Crippen molar-refractivity contribution in [1.82, 2.24) is 14.7 Å². The lowest BCUT2D eigenvalue weighted by atomic mass is 9.93. The minimum absolute atomic E-state index is 0.0447. The van der Waals surface area contributed by atoms with E-state index in [-0.39, 0.29) is 24.5 Å². The van der Waals surface area contributed by atoms with Gasteiger partial charge in [-0.3, -0.25) is 14.5 Å². The van der Waals surface area contributed by atoms with Gasteiger partial charge in [-0.25, -0.2) is 0 Å². The average Bonchev–Trinajstić information content (AvgIpc) is 2.70. The third kappa shape index (κ3) is 4.17. The van der Waals surface area contributed by atoms with E-state index in [1.807, 2.05) is 11.9 Å². The molecule has 2 amide bonds. The van der Waals surface area contributed by atoms with Crippen molar-refractivity contribution in [2.75, 3.05) is 46.4 Å². The number of amides is 2. The van der Waals surface area contributed by atoms with Crippen LogP contribution in [-0.2, 0) is 27.3 Å². The van der Waals surface area contributed by atoms with E-state index in [4.69, 9.17) is 4.74 Å². The fourth-order valence-electron chi connectivity index (χ4n) is 4.52. The minimum atomic E-state index is 0.0447. The van der Waals surface area contributed by atoms with Crippen LogP contribution in [0.2, 0.25) is 0 Å². The molecule has 3 heterocycles. The van der Waals surface area contributed by atoms with Crippen LogP contribution in [0.1, 0.15) is 24.0 Å². The molecule has 0 saturated carbocycles. The fourth-order valence-corrected chi connectivity index (χ4v) is 4.52. The Labute approximate surface area is 161 Å². The van der Waals surface area contributed by atoms with Gasteiger partial charge in [0.15, 0.2) is 0 Å². The van der Waals surface area contributed by atoms with E-state index in [1.54, 1.807) is 4.90 Å². The Morgan fingerprint density at radius 3 is 2.81 bits per heavy atom. The fraction of sp³-hybridized carbons (Fsp3) is 0.619. The molecule has 3 aliphatic rings. The summed E-state index contributed by atoms with van der Waals surface area (Å²) in [5.41, 5.74) is 2.66. The summed E-state index contributed by atoms with van der Waals surface area (Å²) >= 11 is 0. The first-order valence-electron chi connectivity index (χ1n) is 10.0. The monoisotopic (exact) mass is 371 g/mol. The van der Waals surface area contributed by atoms with Crippen LogP contribution in [0, 0.1) is 5.92 Å². The Kier molecular flexibility index (Phi) is 5.45. The van der Waals surface area contributed by atoms with Crippen LogP contribution in [0.3, 0.4) is 0 Å². The number of piperidine rings is 1. The quantitative estimate of drug-likeness (QED) is 0.800. The van der Waals surface area contributed by atoms with E-state index in [2.05, 4.69) is 29.2 Å². The molecule has 0 spiro atoms. The molecule has 27 heavy (non-hydrogen) atoms. The maximum Gasteiger partial charge on any atom is 0.248 e. The van der Waals surface area contributed by atoms with E-state index in [1.165, 1.54) is 11.1 Å². The summed E-state index contributed by atoms with van der Waals surface area (Å²) in [4.78, 5) is 30.8. The molecule has 1 aromatic carbocycles. The summed E-state index contributed by atoms with van der Waals surface area (Å²) in [6.07, 6.45) is 3.01. The van der Waals surface area contributed by atoms with Gasteiger partial charge in [-0.15, -0.1) is 0 Å². The number of morpholine rings is 1. The molecule has 0 bridgehead atoms. The van der Waals surface area contributed by atoms with Crippen LogP contribution in [-0.4, -0.2) is 79.0 Å². The van der Waals surface area contributed by atoms with Crippen molar-refractivity contribution in [3.8, 4) is 0 Å². The first-order chi connectivity index (χ1) is 13.1. The normalized spacial score (nSPS) is 26.8. The van der Waals surface area contributed by atoms with Crippen LogP contribution in [0.25, 0.3) is 0 Å². The number of hydrogen-bond acceptors (Lipinski definition) is 4. The van der Waals surface area contributed by atoms with Crippen molar-refractivity contribution in [2.45, 2.75) is 31.9 Å². The zero-order chi connectivity index (χ0) is 18.8. The molecule has 0 aromatic heterocycles. The topological polar surface area (TPSA) is 53.1 Å². The highest BCUT2D eigenvalue weighted by Gasteiger charge is 2.33. The van der Waals surface area contributed by atoms with E-state index < -0.39 is 0 Å². The smallest absolute Gasteiger partial charge is 0.248 e. The molecule has 2 saturated heterocycles. The third-order valence-corrected chi connectivity index (χ3v) is 6.10. The zero-order valence-corrected chi connectivity index (χ0v) is 16.1. The maximum atomic E-state index is 13.1. The number of fused-ring (bicyclic) bond motifs is 1. The highest BCUT2D eigenvalue weighted by molar-refractivity contribution is 5.79. The lowest BCUT2D eigenvalue weighted by Crippen LogP contribution is -2.52. The van der Waals surface area contributed by atoms with Gasteiger partial charge in [0.2, 0.25) is 11.8 Å². The van der Waals surface area contributed by atoms with Gasteiger partial charge < -0.3 is 14.5 Å². The van der Waals surface area contributed by atoms with Crippen molar-refractivity contribution >= 4 is 11.8 Å². The van der Waals surface area contributed by atoms with E-state index in [0.29, 0.717) is 12.5 Å². The highest BCUT2D eigenvalue weighted by Crippen LogP contribution is 2.24. The number of likely N-dealkylation sites (tertiary alicyclic amines) is 1. The number of likely N-dealkylation sites (N-methyl/N-ethyl adjacent to an activating group) is 1. The number of hydrogen-bond donors (Lipinski definition) is 0. The molecule has 1 aromatic rings. The first-order valence-corrected chi connectivity index (χ1v) is 10.0. The van der Waals surface area contributed by atoms with Gasteiger partial charge in [0.25, 0.3) is 0 Å². The molecular formula is C21H29N3O3. The molecule has 146 valence electrons. The van der Waals surface area contributed by atoms with Crippen molar-refractivity contribution in [2.24, 2.45) is 5.92 Å². The Hall–Kier alpha value is -1.92. The van der Waals surface area contributed by atoms with Gasteiger partial charge in [0.1, 0.15) is 6.61 Å². The Morgan fingerprint density at radius 1 is 1.19 bits per heavy atom. The lowest BCUT2D eigenvalue weighted by Gasteiger charge is -2.39. The number of carbonyl (C=O) groups excluding carboxylic acids is 2. The molecule has 0 radical (unpaired) electrons. The zero-order valence-electron chi connectivity index (χ0n) is 16.1. The number of nitrogens with zero attached hydrogens (tertiary/aromatic N) is 3. The Balaban J connectivity index is 1.33. The van der Waals surface area contributed by atoms with Crippen LogP contribution in [0.5, 0.6) is 0 Å². The predicted octanol–water partition coefficient (Wildman–Crippen LogP) is 1.14. The average molecular weight is 371 g/mol. The highest BCUT2D eigenvalue weighted by atomic mass is 16.5. The van der Waals surface area contributed by atoms with Crippen LogP contribution in [0.4, 0.5) is 0 Å². The largest absolute Gasteiger partial charge is 0.365 e. The lowest BCUT2D eigenvalue weighted by molar-refractivity contribution is -0.148. The van der Waals surface area contributed by atoms with E-state index in [0.717, 1.165) is 52.0 Å². The van der Waals surface area contributed by atoms with Gasteiger partial charge in [-0.05, 0) is 36.9 Å². The van der Waals surface area contributed by atoms with Crippen molar-refractivity contribution in [3.63, 3.8) is 0 Å². The molecule has 6 nitrogen and oxygen atoms in total. The molecule has 2 atom stereocenters. The Morgan fingerprint density at radius 2 is 2.00 bits per heavy atom. The number of carbonyl (C=O) groups is 2. The summed E-state index contributed by atoms with van der Waals surface area (Å²) in [5.74, 6) is 0.418. The minimum Gasteiger partial charge on any atom is -0.365 e. The molecular weight excluding hydrogens is 342 g/mol. The van der Waals surface area contributed by atoms with Crippen LogP contribution >= 0.6 is 0 Å². The van der Waals surface area contributed by atoms with E-state index >= 15 is 0 Å². The van der Waals surface area contributed by atoms with E-state index in [9.17, 15) is 9.59 Å². The number of ether oxygens (including phenoxy) is 1. The summed E-state index contributed by atoms with van der Waals surface area (Å²) in [6.45, 7) is 4.97. The summed E-state index contributed by atoms with van der Waals surface area (Å²) in [5, 5.41) is 0. The van der Waals surface area contributed by atoms with Gasteiger partial charge in [0, 0.05) is 39.8 Å². The standard InChI is InChI=1S/C21H29N3O3/c1-22-13-19(27-15-20(22)25)14-23-9-4-7-18(11-23)21(26)24-10-8-16-5-2-3-6-17(16)12-24/h2-3,5-6,18-19H,4,7-15H2,1H3. The van der Waals surface area contributed by atoms with Crippen molar-refractivity contribution in [3.05, 3.63) is 35.4 Å². The predicted molar refractivity (Wildman–Crippen MR) is 102 cm³/mol. The molecule has 3 aliphatic heterocycles. The Bertz CT molecular complexity index is 708. The molecule has 4 rings (SSSR count). The number of benzene rings is 1. The SMILES string of the molecule is CN1CC(CN2CCCC(C(=O)N3CCc4ccccc4C3)C2)OCC1=O. The second-order valence-corrected chi connectivity index (χ2v) is 8.08. The first kappa shape index (κ1) is 18.4. The van der Waals surface area contributed by atoms with Crippen LogP contribution in [0.15, 0.2) is 24.3 Å². The van der Waals surface area contributed by atoms with Crippen LogP contribution < -0.4 is 0 Å². The molecule has 0 aliphatic carbocycles. The van der Waals surface area contributed by atoms with Gasteiger partial charge in [-0.1, -0.05) is 24.3 Å². The molecule has 0 N–H and O–H groups in total. The molecule has 6 heteroatoms. The van der Waals surface area contributed by atoms with Crippen molar-refractivity contribution < 1.29 is 14.3 Å². The van der Waals surface area contributed by atoms with Gasteiger partial charge in [-0.2, -0.15) is 0 Å². The van der Waals surface area contributed by atoms with Crippen molar-refractivity contribution in [1.29, 1.82) is 0 Å².